The summed E-state index contributed by atoms with van der Waals surface area (Å²) in [6, 6.07) is 11.1. The van der Waals surface area contributed by atoms with Crippen LogP contribution < -0.4 is 4.80 Å². The van der Waals surface area contributed by atoms with Crippen molar-refractivity contribution >= 4 is 31.6 Å². The lowest BCUT2D eigenvalue weighted by atomic mass is 10.2. The molecule has 0 aliphatic heterocycles. The molecule has 124 valence electrons. The molecule has 0 N–H and O–H groups in total. The molecule has 3 aromatic rings. The molecule has 4 nitrogen and oxygen atoms in total. The molecule has 2 aromatic carbocycles. The van der Waals surface area contributed by atoms with Gasteiger partial charge in [0.25, 0.3) is 10.0 Å². The van der Waals surface area contributed by atoms with Crippen molar-refractivity contribution in [3.05, 3.63) is 71.3 Å². The average Bonchev–Trinajstić information content (AvgIpc) is 2.86. The molecule has 3 rings (SSSR count). The minimum absolute atomic E-state index is 0.108. The summed E-state index contributed by atoms with van der Waals surface area (Å²) in [7, 11) is -3.87. The van der Waals surface area contributed by atoms with Crippen LogP contribution in [0.15, 0.2) is 64.4 Å². The van der Waals surface area contributed by atoms with Gasteiger partial charge in [-0.25, -0.2) is 4.39 Å². The van der Waals surface area contributed by atoms with E-state index in [2.05, 4.69) is 11.0 Å². The van der Waals surface area contributed by atoms with E-state index in [1.54, 1.807) is 30.3 Å². The number of hydrogen-bond donors (Lipinski definition) is 0. The number of nitrogens with zero attached hydrogens (tertiary/aromatic N) is 2. The van der Waals surface area contributed by atoms with Crippen LogP contribution >= 0.6 is 11.3 Å². The van der Waals surface area contributed by atoms with Crippen LogP contribution in [0.1, 0.15) is 5.56 Å². The fourth-order valence-electron chi connectivity index (χ4n) is 2.32. The van der Waals surface area contributed by atoms with Crippen LogP contribution in [0.5, 0.6) is 0 Å². The second-order valence-electron chi connectivity index (χ2n) is 5.25. The first kappa shape index (κ1) is 16.6. The maximum atomic E-state index is 14.1. The van der Waals surface area contributed by atoms with E-state index in [0.29, 0.717) is 10.2 Å². The number of para-hydroxylation sites is 1. The van der Waals surface area contributed by atoms with Gasteiger partial charge in [-0.3, -0.25) is 0 Å². The summed E-state index contributed by atoms with van der Waals surface area (Å²) < 4.78 is 45.3. The highest BCUT2D eigenvalue weighted by molar-refractivity contribution is 7.90. The maximum absolute atomic E-state index is 14.1. The Balaban J connectivity index is 2.26. The van der Waals surface area contributed by atoms with Crippen molar-refractivity contribution in [1.29, 1.82) is 0 Å². The number of benzene rings is 2. The first-order valence-electron chi connectivity index (χ1n) is 7.19. The second kappa shape index (κ2) is 6.33. The minimum atomic E-state index is -3.87. The molecule has 24 heavy (non-hydrogen) atoms. The molecule has 0 saturated carbocycles. The standard InChI is InChI=1S/C17H15FN2O2S2/c1-3-11-20-16-14(18)5-4-6-15(16)23-17(20)19-24(21,22)13-9-7-12(2)8-10-13/h3-10H,1,11H2,2H3/b19-17-. The highest BCUT2D eigenvalue weighted by atomic mass is 32.2. The zero-order valence-electron chi connectivity index (χ0n) is 12.9. The van der Waals surface area contributed by atoms with Crippen molar-refractivity contribution in [1.82, 2.24) is 4.57 Å². The molecule has 0 atom stereocenters. The second-order valence-corrected chi connectivity index (χ2v) is 7.86. The monoisotopic (exact) mass is 362 g/mol. The van der Waals surface area contributed by atoms with Crippen LogP contribution in [-0.2, 0) is 16.6 Å². The summed E-state index contributed by atoms with van der Waals surface area (Å²) in [5.41, 5.74) is 1.29. The number of aromatic nitrogens is 1. The van der Waals surface area contributed by atoms with Crippen molar-refractivity contribution in [2.24, 2.45) is 4.40 Å². The Labute approximate surface area is 143 Å². The number of thiazole rings is 1. The molecular weight excluding hydrogens is 347 g/mol. The lowest BCUT2D eigenvalue weighted by molar-refractivity contribution is 0.595. The number of aryl methyl sites for hydroxylation is 1. The quantitative estimate of drug-likeness (QED) is 0.666. The van der Waals surface area contributed by atoms with Gasteiger partial charge in [0.2, 0.25) is 4.80 Å². The average molecular weight is 362 g/mol. The lowest BCUT2D eigenvalue weighted by Gasteiger charge is -2.02. The number of hydrogen-bond acceptors (Lipinski definition) is 3. The topological polar surface area (TPSA) is 51.4 Å². The summed E-state index contributed by atoms with van der Waals surface area (Å²) in [5.74, 6) is -0.417. The van der Waals surface area contributed by atoms with Gasteiger partial charge < -0.3 is 4.57 Å². The summed E-state index contributed by atoms with van der Waals surface area (Å²) in [4.78, 5) is 0.326. The van der Waals surface area contributed by atoms with E-state index in [0.717, 1.165) is 16.9 Å². The largest absolute Gasteiger partial charge is 0.309 e. The van der Waals surface area contributed by atoms with E-state index in [1.165, 1.54) is 22.8 Å². The SMILES string of the molecule is C=CCn1/c(=N/S(=O)(=O)c2ccc(C)cc2)sc2cccc(F)c21. The zero-order valence-corrected chi connectivity index (χ0v) is 14.6. The Bertz CT molecular complexity index is 1080. The van der Waals surface area contributed by atoms with Crippen molar-refractivity contribution in [3.63, 3.8) is 0 Å². The number of sulfonamides is 1. The molecule has 0 saturated heterocycles. The highest BCUT2D eigenvalue weighted by Crippen LogP contribution is 2.21. The van der Waals surface area contributed by atoms with Crippen LogP contribution in [-0.4, -0.2) is 13.0 Å². The first-order valence-corrected chi connectivity index (χ1v) is 9.44. The summed E-state index contributed by atoms with van der Waals surface area (Å²) in [6.45, 7) is 5.79. The highest BCUT2D eigenvalue weighted by Gasteiger charge is 2.15. The first-order chi connectivity index (χ1) is 11.4. The van der Waals surface area contributed by atoms with Gasteiger partial charge in [0.15, 0.2) is 0 Å². The van der Waals surface area contributed by atoms with E-state index in [4.69, 9.17) is 0 Å². The van der Waals surface area contributed by atoms with Gasteiger partial charge in [-0.15, -0.1) is 11.0 Å². The van der Waals surface area contributed by atoms with Crippen molar-refractivity contribution in [3.8, 4) is 0 Å². The Morgan fingerprint density at radius 3 is 2.62 bits per heavy atom. The summed E-state index contributed by atoms with van der Waals surface area (Å²) in [5, 5.41) is 0. The summed E-state index contributed by atoms with van der Waals surface area (Å²) >= 11 is 1.13. The van der Waals surface area contributed by atoms with Gasteiger partial charge in [0, 0.05) is 6.54 Å². The van der Waals surface area contributed by atoms with Gasteiger partial charge in [0.1, 0.15) is 5.82 Å². The van der Waals surface area contributed by atoms with Gasteiger partial charge in [0.05, 0.1) is 15.1 Å². The molecule has 0 bridgehead atoms. The predicted molar refractivity (Wildman–Crippen MR) is 93.9 cm³/mol. The van der Waals surface area contributed by atoms with Crippen LogP contribution in [0.25, 0.3) is 10.2 Å². The van der Waals surface area contributed by atoms with Crippen LogP contribution in [0.4, 0.5) is 4.39 Å². The smallest absolute Gasteiger partial charge is 0.285 e. The third-order valence-corrected chi connectivity index (χ3v) is 5.92. The van der Waals surface area contributed by atoms with Crippen LogP contribution in [0, 0.1) is 12.7 Å². The Morgan fingerprint density at radius 1 is 1.25 bits per heavy atom. The molecular formula is C17H15FN2O2S2. The van der Waals surface area contributed by atoms with E-state index >= 15 is 0 Å². The van der Waals surface area contributed by atoms with E-state index in [-0.39, 0.29) is 16.2 Å². The molecule has 0 aliphatic carbocycles. The van der Waals surface area contributed by atoms with Gasteiger partial charge in [-0.05, 0) is 31.2 Å². The number of halogens is 1. The Kier molecular flexibility index (Phi) is 4.38. The Hall–Kier alpha value is -2.25. The van der Waals surface area contributed by atoms with Crippen LogP contribution in [0.2, 0.25) is 0 Å². The molecule has 0 fully saturated rings. The molecule has 0 spiro atoms. The van der Waals surface area contributed by atoms with Crippen LogP contribution in [0.3, 0.4) is 0 Å². The molecule has 1 heterocycles. The number of allylic oxidation sites excluding steroid dienone is 1. The number of fused-ring (bicyclic) bond motifs is 1. The number of rotatable bonds is 4. The molecule has 0 radical (unpaired) electrons. The van der Waals surface area contributed by atoms with Crippen molar-refractivity contribution in [2.45, 2.75) is 18.4 Å². The molecule has 1 aromatic heterocycles. The fraction of sp³-hybridized carbons (Fsp3) is 0.118. The predicted octanol–water partition coefficient (Wildman–Crippen LogP) is 3.63. The molecule has 0 amide bonds. The van der Waals surface area contributed by atoms with Gasteiger partial charge in [-0.1, -0.05) is 41.2 Å². The van der Waals surface area contributed by atoms with E-state index in [1.807, 2.05) is 6.92 Å². The van der Waals surface area contributed by atoms with Crippen molar-refractivity contribution in [2.75, 3.05) is 0 Å². The van der Waals surface area contributed by atoms with Crippen molar-refractivity contribution < 1.29 is 12.8 Å². The molecule has 7 heteroatoms. The van der Waals surface area contributed by atoms with Gasteiger partial charge in [-0.2, -0.15) is 8.42 Å². The molecule has 0 aliphatic rings. The third kappa shape index (κ3) is 3.05. The third-order valence-electron chi connectivity index (χ3n) is 3.48. The molecule has 0 unspecified atom stereocenters. The van der Waals surface area contributed by atoms with E-state index in [9.17, 15) is 12.8 Å². The summed E-state index contributed by atoms with van der Waals surface area (Å²) in [6.07, 6.45) is 1.58. The lowest BCUT2D eigenvalue weighted by Crippen LogP contribution is -2.17. The maximum Gasteiger partial charge on any atom is 0.285 e. The zero-order chi connectivity index (χ0) is 17.3. The normalized spacial score (nSPS) is 12.7. The fourth-order valence-corrected chi connectivity index (χ4v) is 4.58. The Morgan fingerprint density at radius 2 is 1.96 bits per heavy atom. The van der Waals surface area contributed by atoms with Gasteiger partial charge >= 0.3 is 0 Å². The van der Waals surface area contributed by atoms with E-state index < -0.39 is 15.8 Å². The minimum Gasteiger partial charge on any atom is -0.309 e.